The van der Waals surface area contributed by atoms with Crippen molar-refractivity contribution in [3.05, 3.63) is 47.4 Å². The first-order valence-electron chi connectivity index (χ1n) is 6.96. The van der Waals surface area contributed by atoms with E-state index in [9.17, 15) is 9.50 Å². The Bertz CT molecular complexity index is 591. The van der Waals surface area contributed by atoms with Crippen LogP contribution in [0.3, 0.4) is 0 Å². The molecule has 5 heteroatoms. The molecule has 3 rings (SSSR count). The fraction of sp³-hybridized carbons (Fsp3) is 0.467. The molecular weight excluding hydrogens is 259 g/mol. The van der Waals surface area contributed by atoms with Crippen LogP contribution in [0, 0.1) is 5.82 Å². The summed E-state index contributed by atoms with van der Waals surface area (Å²) in [5.41, 5.74) is -0.478. The minimum absolute atomic E-state index is 0.267. The molecule has 20 heavy (non-hydrogen) atoms. The molecule has 1 aromatic carbocycles. The Morgan fingerprint density at radius 2 is 1.95 bits per heavy atom. The summed E-state index contributed by atoms with van der Waals surface area (Å²) in [5.74, 6) is 0.392. The van der Waals surface area contributed by atoms with Crippen LogP contribution in [-0.4, -0.2) is 15.2 Å². The fourth-order valence-electron chi connectivity index (χ4n) is 2.68. The lowest BCUT2D eigenvalue weighted by Gasteiger charge is -2.27. The van der Waals surface area contributed by atoms with E-state index >= 15 is 0 Å². The van der Waals surface area contributed by atoms with E-state index in [0.29, 0.717) is 24.2 Å². The van der Waals surface area contributed by atoms with Crippen LogP contribution >= 0.6 is 0 Å². The molecule has 1 saturated carbocycles. The van der Waals surface area contributed by atoms with Gasteiger partial charge >= 0.3 is 0 Å². The molecule has 2 aromatic rings. The summed E-state index contributed by atoms with van der Waals surface area (Å²) >= 11 is 0. The highest BCUT2D eigenvalue weighted by molar-refractivity contribution is 5.20. The quantitative estimate of drug-likeness (QED) is 0.936. The summed E-state index contributed by atoms with van der Waals surface area (Å²) in [6.07, 6.45) is 4.61. The second-order valence-corrected chi connectivity index (χ2v) is 5.38. The van der Waals surface area contributed by atoms with Crippen molar-refractivity contribution in [1.82, 2.24) is 10.1 Å². The van der Waals surface area contributed by atoms with Crippen molar-refractivity contribution in [2.45, 2.75) is 44.1 Å². The predicted molar refractivity (Wildman–Crippen MR) is 70.5 cm³/mol. The average Bonchev–Trinajstić information content (AvgIpc) is 2.92. The minimum Gasteiger partial charge on any atom is -0.380 e. The van der Waals surface area contributed by atoms with Gasteiger partial charge in [-0.1, -0.05) is 42.6 Å². The monoisotopic (exact) mass is 276 g/mol. The molecule has 0 radical (unpaired) electrons. The summed E-state index contributed by atoms with van der Waals surface area (Å²) in [4.78, 5) is 4.25. The molecule has 106 valence electrons. The van der Waals surface area contributed by atoms with Crippen molar-refractivity contribution in [1.29, 1.82) is 0 Å². The Labute approximate surface area is 116 Å². The molecule has 1 fully saturated rings. The Morgan fingerprint density at radius 1 is 1.20 bits per heavy atom. The molecule has 1 aliphatic rings. The van der Waals surface area contributed by atoms with Gasteiger partial charge in [-0.15, -0.1) is 0 Å². The number of nitrogens with zero attached hydrogens (tertiary/aromatic N) is 2. The highest BCUT2D eigenvalue weighted by Gasteiger charge is 2.36. The van der Waals surface area contributed by atoms with Crippen LogP contribution in [0.2, 0.25) is 0 Å². The van der Waals surface area contributed by atoms with Crippen molar-refractivity contribution in [3.63, 3.8) is 0 Å². The third-order valence-corrected chi connectivity index (χ3v) is 3.85. The minimum atomic E-state index is -1.00. The van der Waals surface area contributed by atoms with E-state index in [-0.39, 0.29) is 18.1 Å². The molecule has 0 spiro atoms. The Balaban J connectivity index is 1.78. The average molecular weight is 276 g/mol. The third-order valence-electron chi connectivity index (χ3n) is 3.85. The SMILES string of the molecule is OC1(c2nc(Cc3ccccc3F)no2)CCCCC1. The third kappa shape index (κ3) is 2.58. The highest BCUT2D eigenvalue weighted by atomic mass is 19.1. The molecule has 1 aromatic heterocycles. The zero-order valence-electron chi connectivity index (χ0n) is 11.2. The molecule has 1 aliphatic carbocycles. The van der Waals surface area contributed by atoms with Crippen LogP contribution in [0.4, 0.5) is 4.39 Å². The van der Waals surface area contributed by atoms with Gasteiger partial charge in [-0.05, 0) is 24.5 Å². The largest absolute Gasteiger partial charge is 0.380 e. The standard InChI is InChI=1S/C15H17FN2O2/c16-12-7-3-2-6-11(12)10-13-17-14(20-18-13)15(19)8-4-1-5-9-15/h2-3,6-7,19H,1,4-5,8-10H2. The van der Waals surface area contributed by atoms with Crippen molar-refractivity contribution in [2.75, 3.05) is 0 Å². The maximum absolute atomic E-state index is 13.6. The van der Waals surface area contributed by atoms with Crippen LogP contribution < -0.4 is 0 Å². The van der Waals surface area contributed by atoms with Crippen molar-refractivity contribution >= 4 is 0 Å². The van der Waals surface area contributed by atoms with Gasteiger partial charge < -0.3 is 9.63 Å². The summed E-state index contributed by atoms with van der Waals surface area (Å²) in [6.45, 7) is 0. The van der Waals surface area contributed by atoms with E-state index in [2.05, 4.69) is 10.1 Å². The molecule has 0 amide bonds. The van der Waals surface area contributed by atoms with Gasteiger partial charge in [0, 0.05) is 6.42 Å². The van der Waals surface area contributed by atoms with E-state index in [4.69, 9.17) is 4.52 Å². The Hall–Kier alpha value is -1.75. The van der Waals surface area contributed by atoms with Crippen molar-refractivity contribution in [3.8, 4) is 0 Å². The van der Waals surface area contributed by atoms with Crippen LogP contribution in [0.25, 0.3) is 0 Å². The smallest absolute Gasteiger partial charge is 0.258 e. The van der Waals surface area contributed by atoms with E-state index in [1.54, 1.807) is 18.2 Å². The van der Waals surface area contributed by atoms with Gasteiger partial charge in [0.05, 0.1) is 0 Å². The van der Waals surface area contributed by atoms with Crippen molar-refractivity contribution in [2.24, 2.45) is 0 Å². The van der Waals surface area contributed by atoms with E-state index in [1.165, 1.54) is 6.07 Å². The molecule has 0 saturated heterocycles. The predicted octanol–water partition coefficient (Wildman–Crippen LogP) is 2.95. The first-order valence-corrected chi connectivity index (χ1v) is 6.96. The maximum atomic E-state index is 13.6. The first kappa shape index (κ1) is 13.2. The van der Waals surface area contributed by atoms with E-state index in [0.717, 1.165) is 19.3 Å². The summed E-state index contributed by atoms with van der Waals surface area (Å²) in [5, 5.41) is 14.4. The second-order valence-electron chi connectivity index (χ2n) is 5.38. The maximum Gasteiger partial charge on any atom is 0.258 e. The Kier molecular flexibility index (Phi) is 3.53. The lowest BCUT2D eigenvalue weighted by molar-refractivity contribution is -0.0287. The molecule has 1 heterocycles. The van der Waals surface area contributed by atoms with Gasteiger partial charge in [0.15, 0.2) is 5.82 Å². The lowest BCUT2D eigenvalue weighted by Crippen LogP contribution is -2.28. The molecule has 1 N–H and O–H groups in total. The number of halogens is 1. The van der Waals surface area contributed by atoms with Gasteiger partial charge in [-0.2, -0.15) is 4.98 Å². The molecule has 0 unspecified atom stereocenters. The number of benzene rings is 1. The number of hydrogen-bond donors (Lipinski definition) is 1. The molecule has 0 atom stereocenters. The normalized spacial score (nSPS) is 18.1. The van der Waals surface area contributed by atoms with Crippen LogP contribution in [0.1, 0.15) is 49.4 Å². The zero-order valence-corrected chi connectivity index (χ0v) is 11.2. The molecule has 0 bridgehead atoms. The number of aliphatic hydroxyl groups is 1. The van der Waals surface area contributed by atoms with Gasteiger partial charge in [0.2, 0.25) is 0 Å². The van der Waals surface area contributed by atoms with Crippen LogP contribution in [0.5, 0.6) is 0 Å². The van der Waals surface area contributed by atoms with Crippen molar-refractivity contribution < 1.29 is 14.0 Å². The Morgan fingerprint density at radius 3 is 2.70 bits per heavy atom. The summed E-state index contributed by atoms with van der Waals surface area (Å²) in [7, 11) is 0. The van der Waals surface area contributed by atoms with E-state index < -0.39 is 5.60 Å². The number of rotatable bonds is 3. The topological polar surface area (TPSA) is 59.2 Å². The second kappa shape index (κ2) is 5.32. The van der Waals surface area contributed by atoms with Gasteiger partial charge in [-0.25, -0.2) is 4.39 Å². The highest BCUT2D eigenvalue weighted by Crippen LogP contribution is 2.35. The zero-order chi connectivity index (χ0) is 14.0. The molecule has 4 nitrogen and oxygen atoms in total. The number of aromatic nitrogens is 2. The van der Waals surface area contributed by atoms with Gasteiger partial charge in [0.25, 0.3) is 5.89 Å². The summed E-state index contributed by atoms with van der Waals surface area (Å²) in [6, 6.07) is 6.52. The first-order chi connectivity index (χ1) is 9.67. The van der Waals surface area contributed by atoms with Gasteiger partial charge in [0.1, 0.15) is 11.4 Å². The van der Waals surface area contributed by atoms with Crippen LogP contribution in [-0.2, 0) is 12.0 Å². The molecular formula is C15H17FN2O2. The lowest BCUT2D eigenvalue weighted by atomic mass is 9.85. The fourth-order valence-corrected chi connectivity index (χ4v) is 2.68. The van der Waals surface area contributed by atoms with Gasteiger partial charge in [-0.3, -0.25) is 0 Å². The molecule has 0 aliphatic heterocycles. The summed E-state index contributed by atoms with van der Waals surface area (Å²) < 4.78 is 18.8. The van der Waals surface area contributed by atoms with Crippen LogP contribution in [0.15, 0.2) is 28.8 Å². The number of hydrogen-bond acceptors (Lipinski definition) is 4. The van der Waals surface area contributed by atoms with E-state index in [1.807, 2.05) is 0 Å².